The molecule has 0 amide bonds. The third kappa shape index (κ3) is 2.65. The molecule has 1 aromatic carbocycles. The molecule has 0 saturated heterocycles. The number of rotatable bonds is 2. The SMILES string of the molecule is CC[C@H](N)c1c(F)ccc(Br)c1F.Cl. The summed E-state index contributed by atoms with van der Waals surface area (Å²) in [6, 6.07) is 1.95. The van der Waals surface area contributed by atoms with Crippen molar-refractivity contribution in [3.8, 4) is 0 Å². The average molecular weight is 287 g/mol. The molecule has 0 bridgehead atoms. The maximum atomic E-state index is 13.3. The topological polar surface area (TPSA) is 26.0 Å². The largest absolute Gasteiger partial charge is 0.324 e. The van der Waals surface area contributed by atoms with E-state index in [4.69, 9.17) is 5.73 Å². The molecule has 0 heterocycles. The van der Waals surface area contributed by atoms with Crippen LogP contribution in [0.5, 0.6) is 0 Å². The Morgan fingerprint density at radius 3 is 2.50 bits per heavy atom. The number of halogens is 4. The number of benzene rings is 1. The maximum Gasteiger partial charge on any atom is 0.145 e. The summed E-state index contributed by atoms with van der Waals surface area (Å²) in [5.74, 6) is -1.19. The van der Waals surface area contributed by atoms with Crippen LogP contribution in [-0.4, -0.2) is 0 Å². The van der Waals surface area contributed by atoms with E-state index in [2.05, 4.69) is 15.9 Å². The standard InChI is InChI=1S/C9H10BrF2N.ClH/c1-2-7(13)8-6(11)4-3-5(10)9(8)12;/h3-4,7H,2,13H2,1H3;1H/t7-;/m0./s1. The molecule has 0 aliphatic carbocycles. The van der Waals surface area contributed by atoms with E-state index in [0.717, 1.165) is 0 Å². The van der Waals surface area contributed by atoms with Gasteiger partial charge in [-0.3, -0.25) is 0 Å². The Labute approximate surface area is 96.2 Å². The first kappa shape index (κ1) is 13.8. The van der Waals surface area contributed by atoms with Crippen molar-refractivity contribution in [3.63, 3.8) is 0 Å². The van der Waals surface area contributed by atoms with Gasteiger partial charge < -0.3 is 5.73 Å². The van der Waals surface area contributed by atoms with Crippen molar-refractivity contribution in [1.82, 2.24) is 0 Å². The summed E-state index contributed by atoms with van der Waals surface area (Å²) in [5, 5.41) is 0. The molecule has 2 N–H and O–H groups in total. The van der Waals surface area contributed by atoms with Crippen molar-refractivity contribution in [2.24, 2.45) is 5.73 Å². The summed E-state index contributed by atoms with van der Waals surface area (Å²) in [6.45, 7) is 1.78. The van der Waals surface area contributed by atoms with Gasteiger partial charge in [-0.2, -0.15) is 0 Å². The molecular formula is C9H11BrClF2N. The summed E-state index contributed by atoms with van der Waals surface area (Å²) < 4.78 is 26.7. The maximum absolute atomic E-state index is 13.3. The molecule has 0 fully saturated rings. The number of hydrogen-bond donors (Lipinski definition) is 1. The van der Waals surface area contributed by atoms with Gasteiger partial charge in [-0.05, 0) is 34.5 Å². The monoisotopic (exact) mass is 285 g/mol. The molecule has 0 aliphatic heterocycles. The zero-order valence-corrected chi connectivity index (χ0v) is 9.96. The molecule has 14 heavy (non-hydrogen) atoms. The summed E-state index contributed by atoms with van der Waals surface area (Å²) in [5.41, 5.74) is 5.52. The third-order valence-corrected chi connectivity index (χ3v) is 2.50. The highest BCUT2D eigenvalue weighted by molar-refractivity contribution is 9.10. The van der Waals surface area contributed by atoms with Gasteiger partial charge in [0.05, 0.1) is 4.47 Å². The van der Waals surface area contributed by atoms with Gasteiger partial charge in [0.25, 0.3) is 0 Å². The molecule has 80 valence electrons. The predicted molar refractivity (Wildman–Crippen MR) is 58.5 cm³/mol. The molecule has 0 unspecified atom stereocenters. The summed E-state index contributed by atoms with van der Waals surface area (Å²) in [7, 11) is 0. The first-order valence-electron chi connectivity index (χ1n) is 3.96. The van der Waals surface area contributed by atoms with Crippen LogP contribution < -0.4 is 5.73 Å². The van der Waals surface area contributed by atoms with Crippen molar-refractivity contribution in [3.05, 3.63) is 33.8 Å². The Bertz CT molecular complexity index is 320. The minimum absolute atomic E-state index is 0. The van der Waals surface area contributed by atoms with Crippen molar-refractivity contribution in [2.45, 2.75) is 19.4 Å². The van der Waals surface area contributed by atoms with Crippen molar-refractivity contribution >= 4 is 28.3 Å². The first-order valence-corrected chi connectivity index (χ1v) is 4.76. The molecule has 1 aromatic rings. The lowest BCUT2D eigenvalue weighted by atomic mass is 10.0. The van der Waals surface area contributed by atoms with Crippen LogP contribution in [-0.2, 0) is 0 Å². The summed E-state index contributed by atoms with van der Waals surface area (Å²) >= 11 is 2.98. The molecule has 5 heteroatoms. The zero-order chi connectivity index (χ0) is 10.0. The first-order chi connectivity index (χ1) is 6.07. The second kappa shape index (κ2) is 5.63. The van der Waals surface area contributed by atoms with Crippen LogP contribution in [0.3, 0.4) is 0 Å². The van der Waals surface area contributed by atoms with Crippen LogP contribution in [0.15, 0.2) is 16.6 Å². The van der Waals surface area contributed by atoms with E-state index >= 15 is 0 Å². The Kier molecular flexibility index (Phi) is 5.56. The highest BCUT2D eigenvalue weighted by Crippen LogP contribution is 2.26. The van der Waals surface area contributed by atoms with Gasteiger partial charge in [0.15, 0.2) is 0 Å². The molecule has 1 nitrogen and oxygen atoms in total. The van der Waals surface area contributed by atoms with Gasteiger partial charge in [-0.25, -0.2) is 8.78 Å². The Morgan fingerprint density at radius 1 is 1.43 bits per heavy atom. The Balaban J connectivity index is 0.00000169. The molecule has 0 radical (unpaired) electrons. The Morgan fingerprint density at radius 2 is 2.00 bits per heavy atom. The van der Waals surface area contributed by atoms with E-state index in [-0.39, 0.29) is 22.4 Å². The highest BCUT2D eigenvalue weighted by Gasteiger charge is 2.17. The fourth-order valence-corrected chi connectivity index (χ4v) is 1.43. The highest BCUT2D eigenvalue weighted by atomic mass is 79.9. The summed E-state index contributed by atoms with van der Waals surface area (Å²) in [4.78, 5) is 0. The van der Waals surface area contributed by atoms with Crippen molar-refractivity contribution in [1.29, 1.82) is 0 Å². The smallest absolute Gasteiger partial charge is 0.145 e. The van der Waals surface area contributed by atoms with Gasteiger partial charge >= 0.3 is 0 Å². The minimum Gasteiger partial charge on any atom is -0.324 e. The number of nitrogens with two attached hydrogens (primary N) is 1. The second-order valence-corrected chi connectivity index (χ2v) is 3.63. The Hall–Kier alpha value is -0.190. The molecule has 0 spiro atoms. The van der Waals surface area contributed by atoms with Gasteiger partial charge in [0, 0.05) is 11.6 Å². The molecular weight excluding hydrogens is 275 g/mol. The fraction of sp³-hybridized carbons (Fsp3) is 0.333. The van der Waals surface area contributed by atoms with Gasteiger partial charge in [0.2, 0.25) is 0 Å². The van der Waals surface area contributed by atoms with E-state index in [1.165, 1.54) is 12.1 Å². The average Bonchev–Trinajstić information content (AvgIpc) is 2.12. The zero-order valence-electron chi connectivity index (χ0n) is 7.56. The van der Waals surface area contributed by atoms with Crippen LogP contribution in [0.25, 0.3) is 0 Å². The fourth-order valence-electron chi connectivity index (χ4n) is 1.09. The van der Waals surface area contributed by atoms with E-state index in [9.17, 15) is 8.78 Å². The van der Waals surface area contributed by atoms with Gasteiger partial charge in [-0.1, -0.05) is 6.92 Å². The quantitative estimate of drug-likeness (QED) is 0.827. The van der Waals surface area contributed by atoms with Crippen LogP contribution in [0.2, 0.25) is 0 Å². The lowest BCUT2D eigenvalue weighted by Gasteiger charge is -2.12. The summed E-state index contributed by atoms with van der Waals surface area (Å²) in [6.07, 6.45) is 0.504. The van der Waals surface area contributed by atoms with Gasteiger partial charge in [-0.15, -0.1) is 12.4 Å². The third-order valence-electron chi connectivity index (χ3n) is 1.89. The van der Waals surface area contributed by atoms with E-state index in [1.54, 1.807) is 6.92 Å². The van der Waals surface area contributed by atoms with Crippen LogP contribution in [0, 0.1) is 11.6 Å². The predicted octanol–water partition coefficient (Wildman–Crippen LogP) is 3.56. The van der Waals surface area contributed by atoms with Crippen molar-refractivity contribution < 1.29 is 8.78 Å². The lowest BCUT2D eigenvalue weighted by molar-refractivity contribution is 0.517. The molecule has 1 rings (SSSR count). The van der Waals surface area contributed by atoms with E-state index in [1.807, 2.05) is 0 Å². The van der Waals surface area contributed by atoms with Crippen LogP contribution >= 0.6 is 28.3 Å². The van der Waals surface area contributed by atoms with Crippen LogP contribution in [0.4, 0.5) is 8.78 Å². The van der Waals surface area contributed by atoms with Crippen LogP contribution in [0.1, 0.15) is 24.9 Å². The molecule has 0 saturated carbocycles. The van der Waals surface area contributed by atoms with E-state index < -0.39 is 17.7 Å². The van der Waals surface area contributed by atoms with E-state index in [0.29, 0.717) is 6.42 Å². The van der Waals surface area contributed by atoms with Crippen molar-refractivity contribution in [2.75, 3.05) is 0 Å². The minimum atomic E-state index is -0.602. The number of hydrogen-bond acceptors (Lipinski definition) is 1. The molecule has 1 atom stereocenters. The van der Waals surface area contributed by atoms with Gasteiger partial charge in [0.1, 0.15) is 11.6 Å². The normalized spacial score (nSPS) is 12.1. The molecule has 0 aromatic heterocycles. The second-order valence-electron chi connectivity index (χ2n) is 2.77. The molecule has 0 aliphatic rings. The lowest BCUT2D eigenvalue weighted by Crippen LogP contribution is -2.13.